The summed E-state index contributed by atoms with van der Waals surface area (Å²) in [6, 6.07) is 13.9. The maximum Gasteiger partial charge on any atom is 0.243 e. The van der Waals surface area contributed by atoms with Crippen LogP contribution < -0.4 is 14.8 Å². The Kier molecular flexibility index (Phi) is 7.21. The molecule has 0 saturated carbocycles. The first kappa shape index (κ1) is 22.7. The molecule has 0 aliphatic rings. The Labute approximate surface area is 185 Å². The summed E-state index contributed by atoms with van der Waals surface area (Å²) in [6.07, 6.45) is 1.44. The molecule has 3 aromatic rings. The van der Waals surface area contributed by atoms with E-state index in [9.17, 15) is 13.2 Å². The molecule has 2 aromatic carbocycles. The fourth-order valence-electron chi connectivity index (χ4n) is 2.81. The van der Waals surface area contributed by atoms with Crippen LogP contribution in [0.4, 0.5) is 5.69 Å². The first-order valence-electron chi connectivity index (χ1n) is 9.13. The van der Waals surface area contributed by atoms with Crippen LogP contribution in [0.1, 0.15) is 5.76 Å². The monoisotopic (exact) mass is 464 g/mol. The third kappa shape index (κ3) is 5.57. The van der Waals surface area contributed by atoms with E-state index in [1.54, 1.807) is 30.3 Å². The molecule has 3 rings (SSSR count). The minimum atomic E-state index is -4.01. The summed E-state index contributed by atoms with van der Waals surface area (Å²) in [6.45, 7) is -0.564. The molecule has 31 heavy (non-hydrogen) atoms. The van der Waals surface area contributed by atoms with Gasteiger partial charge in [0, 0.05) is 11.1 Å². The van der Waals surface area contributed by atoms with Crippen LogP contribution in [0, 0.1) is 0 Å². The quantitative estimate of drug-likeness (QED) is 0.517. The van der Waals surface area contributed by atoms with Crippen LogP contribution in [0.15, 0.2) is 70.2 Å². The molecule has 1 N–H and O–H groups in total. The molecule has 1 aromatic heterocycles. The van der Waals surface area contributed by atoms with Crippen LogP contribution in [0.5, 0.6) is 11.5 Å². The number of sulfonamides is 1. The molecule has 0 unspecified atom stereocenters. The molecule has 10 heteroatoms. The number of ether oxygens (including phenoxy) is 2. The summed E-state index contributed by atoms with van der Waals surface area (Å²) in [5.41, 5.74) is 0.384. The molecule has 0 aliphatic heterocycles. The number of anilines is 1. The number of benzene rings is 2. The zero-order valence-electron chi connectivity index (χ0n) is 16.9. The molecule has 8 nitrogen and oxygen atoms in total. The van der Waals surface area contributed by atoms with Crippen molar-refractivity contribution in [1.82, 2.24) is 4.31 Å². The maximum atomic E-state index is 13.2. The van der Waals surface area contributed by atoms with Gasteiger partial charge in [0.15, 0.2) is 0 Å². The van der Waals surface area contributed by atoms with E-state index in [1.165, 1.54) is 44.7 Å². The van der Waals surface area contributed by atoms with Crippen molar-refractivity contribution < 1.29 is 27.1 Å². The van der Waals surface area contributed by atoms with E-state index in [2.05, 4.69) is 5.32 Å². The molecule has 0 saturated heterocycles. The van der Waals surface area contributed by atoms with Crippen LogP contribution in [0.2, 0.25) is 5.02 Å². The van der Waals surface area contributed by atoms with Crippen molar-refractivity contribution in [3.8, 4) is 11.5 Å². The lowest BCUT2D eigenvalue weighted by Gasteiger charge is -2.21. The summed E-state index contributed by atoms with van der Waals surface area (Å²) >= 11 is 5.87. The number of methoxy groups -OCH3 is 2. The summed E-state index contributed by atoms with van der Waals surface area (Å²) in [5.74, 6) is 0.783. The second-order valence-corrected chi connectivity index (χ2v) is 8.80. The van der Waals surface area contributed by atoms with Gasteiger partial charge in [-0.3, -0.25) is 4.79 Å². The minimum Gasteiger partial charge on any atom is -0.497 e. The molecule has 0 radical (unpaired) electrons. The van der Waals surface area contributed by atoms with Gasteiger partial charge in [-0.1, -0.05) is 11.6 Å². The van der Waals surface area contributed by atoms with Crippen molar-refractivity contribution >= 4 is 33.2 Å². The molecule has 0 atom stereocenters. The number of hydrogen-bond acceptors (Lipinski definition) is 6. The smallest absolute Gasteiger partial charge is 0.243 e. The second-order valence-electron chi connectivity index (χ2n) is 6.42. The first-order chi connectivity index (χ1) is 14.8. The highest BCUT2D eigenvalue weighted by atomic mass is 35.5. The number of rotatable bonds is 9. The lowest BCUT2D eigenvalue weighted by atomic mass is 10.2. The lowest BCUT2D eigenvalue weighted by molar-refractivity contribution is -0.116. The Balaban J connectivity index is 1.85. The zero-order valence-corrected chi connectivity index (χ0v) is 18.4. The Morgan fingerprint density at radius 1 is 1.10 bits per heavy atom. The standard InChI is InChI=1S/C21H21ClN2O6S/c1-28-16-7-10-19(20(12-16)29-2)23-21(25)14-24(13-17-4-3-11-30-17)31(26,27)18-8-5-15(22)6-9-18/h3-12H,13-14H2,1-2H3,(H,23,25). The van der Waals surface area contributed by atoms with Crippen molar-refractivity contribution in [2.75, 3.05) is 26.1 Å². The van der Waals surface area contributed by atoms with Gasteiger partial charge in [-0.15, -0.1) is 0 Å². The summed E-state index contributed by atoms with van der Waals surface area (Å²) in [4.78, 5) is 12.8. The van der Waals surface area contributed by atoms with Gasteiger partial charge in [-0.2, -0.15) is 4.31 Å². The van der Waals surface area contributed by atoms with Gasteiger partial charge in [0.25, 0.3) is 0 Å². The Morgan fingerprint density at radius 3 is 2.45 bits per heavy atom. The largest absolute Gasteiger partial charge is 0.497 e. The summed E-state index contributed by atoms with van der Waals surface area (Å²) in [7, 11) is -1.03. The molecular weight excluding hydrogens is 444 g/mol. The summed E-state index contributed by atoms with van der Waals surface area (Å²) in [5, 5.41) is 3.08. The maximum absolute atomic E-state index is 13.2. The first-order valence-corrected chi connectivity index (χ1v) is 11.0. The molecule has 0 fully saturated rings. The van der Waals surface area contributed by atoms with E-state index >= 15 is 0 Å². The van der Waals surface area contributed by atoms with Crippen molar-refractivity contribution in [2.24, 2.45) is 0 Å². The Morgan fingerprint density at radius 2 is 1.84 bits per heavy atom. The van der Waals surface area contributed by atoms with Crippen molar-refractivity contribution in [1.29, 1.82) is 0 Å². The van der Waals surface area contributed by atoms with Gasteiger partial charge < -0.3 is 19.2 Å². The number of nitrogens with zero attached hydrogens (tertiary/aromatic N) is 1. The molecule has 0 spiro atoms. The third-order valence-corrected chi connectivity index (χ3v) is 6.42. The van der Waals surface area contributed by atoms with Crippen LogP contribution >= 0.6 is 11.6 Å². The Bertz CT molecular complexity index is 1130. The normalized spacial score (nSPS) is 11.4. The number of amides is 1. The van der Waals surface area contributed by atoms with Gasteiger partial charge in [0.2, 0.25) is 15.9 Å². The average molecular weight is 465 g/mol. The highest BCUT2D eigenvalue weighted by molar-refractivity contribution is 7.89. The molecule has 164 valence electrons. The van der Waals surface area contributed by atoms with Gasteiger partial charge >= 0.3 is 0 Å². The zero-order chi connectivity index (χ0) is 22.4. The number of nitrogens with one attached hydrogen (secondary N) is 1. The number of halogens is 1. The number of carbonyl (C=O) groups excluding carboxylic acids is 1. The number of carbonyl (C=O) groups is 1. The van der Waals surface area contributed by atoms with Gasteiger partial charge in [0.1, 0.15) is 17.3 Å². The van der Waals surface area contributed by atoms with E-state index in [0.29, 0.717) is 28.0 Å². The van der Waals surface area contributed by atoms with Crippen molar-refractivity contribution in [3.63, 3.8) is 0 Å². The van der Waals surface area contributed by atoms with E-state index in [0.717, 1.165) is 4.31 Å². The van der Waals surface area contributed by atoms with E-state index in [1.807, 2.05) is 0 Å². The SMILES string of the molecule is COc1ccc(NC(=O)CN(Cc2ccco2)S(=O)(=O)c2ccc(Cl)cc2)c(OC)c1. The number of hydrogen-bond donors (Lipinski definition) is 1. The van der Waals surface area contributed by atoms with Crippen LogP contribution in [0.3, 0.4) is 0 Å². The van der Waals surface area contributed by atoms with Crippen LogP contribution in [-0.2, 0) is 21.4 Å². The van der Waals surface area contributed by atoms with Crippen molar-refractivity contribution in [3.05, 3.63) is 71.6 Å². The van der Waals surface area contributed by atoms with Crippen LogP contribution in [0.25, 0.3) is 0 Å². The average Bonchev–Trinajstić information content (AvgIpc) is 3.27. The predicted octanol–water partition coefficient (Wildman–Crippen LogP) is 3.78. The van der Waals surface area contributed by atoms with Crippen molar-refractivity contribution in [2.45, 2.75) is 11.4 Å². The molecule has 1 amide bonds. The van der Waals surface area contributed by atoms with E-state index in [4.69, 9.17) is 25.5 Å². The molecule has 0 bridgehead atoms. The lowest BCUT2D eigenvalue weighted by Crippen LogP contribution is -2.37. The van der Waals surface area contributed by atoms with Gasteiger partial charge in [-0.25, -0.2) is 8.42 Å². The third-order valence-electron chi connectivity index (χ3n) is 4.37. The summed E-state index contributed by atoms with van der Waals surface area (Å²) < 4.78 is 43.1. The number of furan rings is 1. The fraction of sp³-hybridized carbons (Fsp3) is 0.190. The highest BCUT2D eigenvalue weighted by Crippen LogP contribution is 2.29. The highest BCUT2D eigenvalue weighted by Gasteiger charge is 2.28. The Hall–Kier alpha value is -3.01. The van der Waals surface area contributed by atoms with Gasteiger partial charge in [0.05, 0.1) is 44.2 Å². The fourth-order valence-corrected chi connectivity index (χ4v) is 4.30. The van der Waals surface area contributed by atoms with Crippen LogP contribution in [-0.4, -0.2) is 39.4 Å². The minimum absolute atomic E-state index is 0.0123. The molecule has 0 aliphatic carbocycles. The second kappa shape index (κ2) is 9.86. The van der Waals surface area contributed by atoms with Gasteiger partial charge in [-0.05, 0) is 48.5 Å². The topological polar surface area (TPSA) is 98.1 Å². The predicted molar refractivity (Wildman–Crippen MR) is 116 cm³/mol. The molecular formula is C21H21ClN2O6S. The van der Waals surface area contributed by atoms with E-state index in [-0.39, 0.29) is 11.4 Å². The molecule has 1 heterocycles. The van der Waals surface area contributed by atoms with E-state index < -0.39 is 22.5 Å².